The Hall–Kier alpha value is -1.77. The molecule has 0 aliphatic heterocycles. The summed E-state index contributed by atoms with van der Waals surface area (Å²) in [6, 6.07) is 4.05. The maximum atomic E-state index is 11.1. The molecule has 0 aromatic heterocycles. The lowest BCUT2D eigenvalue weighted by Crippen LogP contribution is -1.96. The number of ketones is 1. The van der Waals surface area contributed by atoms with Gasteiger partial charge in [0.1, 0.15) is 11.5 Å². The highest BCUT2D eigenvalue weighted by molar-refractivity contribution is 5.92. The maximum absolute atomic E-state index is 11.1. The Morgan fingerprint density at radius 1 is 1.15 bits per heavy atom. The first-order valence-electron chi connectivity index (χ1n) is 7.05. The molecule has 0 aliphatic carbocycles. The molecule has 110 valence electrons. The Balaban J connectivity index is 3.07. The number of unbranched alkanes of at least 4 members (excludes halogenated alkanes) is 2. The lowest BCUT2D eigenvalue weighted by molar-refractivity contribution is -0.112. The second-order valence-corrected chi connectivity index (χ2v) is 4.82. The van der Waals surface area contributed by atoms with E-state index in [1.807, 2.05) is 12.1 Å². The number of aryl methyl sites for hydroxylation is 1. The third kappa shape index (κ3) is 4.72. The number of allylic oxidation sites excluding steroid dienone is 1. The second kappa shape index (κ2) is 8.41. The van der Waals surface area contributed by atoms with Crippen molar-refractivity contribution in [2.75, 3.05) is 14.2 Å². The van der Waals surface area contributed by atoms with Crippen LogP contribution in [0.25, 0.3) is 6.08 Å². The highest BCUT2D eigenvalue weighted by Gasteiger charge is 2.10. The topological polar surface area (TPSA) is 35.5 Å². The van der Waals surface area contributed by atoms with Gasteiger partial charge in [0.25, 0.3) is 0 Å². The van der Waals surface area contributed by atoms with Crippen LogP contribution in [0.3, 0.4) is 0 Å². The summed E-state index contributed by atoms with van der Waals surface area (Å²) in [5, 5.41) is 0. The minimum atomic E-state index is 0.00104. The zero-order chi connectivity index (χ0) is 15.0. The van der Waals surface area contributed by atoms with E-state index in [0.717, 1.165) is 29.9 Å². The minimum absolute atomic E-state index is 0.00104. The number of rotatable bonds is 8. The van der Waals surface area contributed by atoms with Crippen molar-refractivity contribution >= 4 is 11.9 Å². The van der Waals surface area contributed by atoms with Gasteiger partial charge in [0.15, 0.2) is 5.78 Å². The van der Waals surface area contributed by atoms with E-state index < -0.39 is 0 Å². The highest BCUT2D eigenvalue weighted by Crippen LogP contribution is 2.32. The Bertz CT molecular complexity index is 450. The van der Waals surface area contributed by atoms with Crippen molar-refractivity contribution in [1.82, 2.24) is 0 Å². The first-order chi connectivity index (χ1) is 9.62. The van der Waals surface area contributed by atoms with Gasteiger partial charge in [0, 0.05) is 0 Å². The molecule has 1 aromatic carbocycles. The molecular weight excluding hydrogens is 252 g/mol. The fourth-order valence-electron chi connectivity index (χ4n) is 2.08. The highest BCUT2D eigenvalue weighted by atomic mass is 16.5. The summed E-state index contributed by atoms with van der Waals surface area (Å²) in [6.07, 6.45) is 7.86. The number of hydrogen-bond donors (Lipinski definition) is 0. The van der Waals surface area contributed by atoms with Crippen molar-refractivity contribution in [2.45, 2.75) is 39.5 Å². The van der Waals surface area contributed by atoms with Crippen molar-refractivity contribution < 1.29 is 14.3 Å². The molecule has 0 spiro atoms. The lowest BCUT2D eigenvalue weighted by Gasteiger charge is -2.13. The summed E-state index contributed by atoms with van der Waals surface area (Å²) < 4.78 is 10.8. The first kappa shape index (κ1) is 16.3. The van der Waals surface area contributed by atoms with Gasteiger partial charge in [-0.25, -0.2) is 0 Å². The molecule has 0 atom stereocenters. The molecule has 0 saturated heterocycles. The van der Waals surface area contributed by atoms with Gasteiger partial charge in [-0.2, -0.15) is 0 Å². The Labute approximate surface area is 121 Å². The molecule has 3 heteroatoms. The van der Waals surface area contributed by atoms with Crippen molar-refractivity contribution in [3.63, 3.8) is 0 Å². The van der Waals surface area contributed by atoms with Gasteiger partial charge in [-0.3, -0.25) is 4.79 Å². The minimum Gasteiger partial charge on any atom is -0.496 e. The monoisotopic (exact) mass is 276 g/mol. The van der Waals surface area contributed by atoms with Gasteiger partial charge in [-0.05, 0) is 49.6 Å². The summed E-state index contributed by atoms with van der Waals surface area (Å²) in [6.45, 7) is 3.71. The van der Waals surface area contributed by atoms with E-state index in [1.54, 1.807) is 20.3 Å². The Kier molecular flexibility index (Phi) is 6.85. The third-order valence-corrected chi connectivity index (χ3v) is 3.16. The number of carbonyl (C=O) groups is 1. The SMILES string of the molecule is CCCCCc1cc(OC)c(/C=C/C(C)=O)c(OC)c1. The number of ether oxygens (including phenoxy) is 2. The largest absolute Gasteiger partial charge is 0.496 e. The van der Waals surface area contributed by atoms with Crippen LogP contribution in [0.1, 0.15) is 44.2 Å². The molecule has 0 unspecified atom stereocenters. The van der Waals surface area contributed by atoms with E-state index in [0.29, 0.717) is 0 Å². The Morgan fingerprint density at radius 3 is 2.20 bits per heavy atom. The van der Waals surface area contributed by atoms with E-state index in [2.05, 4.69) is 6.92 Å². The summed E-state index contributed by atoms with van der Waals surface area (Å²) in [4.78, 5) is 11.1. The quantitative estimate of drug-likeness (QED) is 0.531. The standard InChI is InChI=1S/C17H24O3/c1-5-6-7-8-14-11-16(19-3)15(10-9-13(2)18)17(12-14)20-4/h9-12H,5-8H2,1-4H3/b10-9+. The van der Waals surface area contributed by atoms with Crippen LogP contribution in [0.5, 0.6) is 11.5 Å². The fourth-order valence-corrected chi connectivity index (χ4v) is 2.08. The van der Waals surface area contributed by atoms with Crippen molar-refractivity contribution in [3.05, 3.63) is 29.3 Å². The average molecular weight is 276 g/mol. The Morgan fingerprint density at radius 2 is 1.75 bits per heavy atom. The van der Waals surface area contributed by atoms with Crippen LogP contribution >= 0.6 is 0 Å². The van der Waals surface area contributed by atoms with E-state index in [-0.39, 0.29) is 5.78 Å². The van der Waals surface area contributed by atoms with Gasteiger partial charge < -0.3 is 9.47 Å². The van der Waals surface area contributed by atoms with Crippen LogP contribution in [0.15, 0.2) is 18.2 Å². The van der Waals surface area contributed by atoms with Crippen LogP contribution in [-0.4, -0.2) is 20.0 Å². The normalized spacial score (nSPS) is 10.8. The van der Waals surface area contributed by atoms with Crippen molar-refractivity contribution in [3.8, 4) is 11.5 Å². The molecule has 0 N–H and O–H groups in total. The van der Waals surface area contributed by atoms with Crippen LogP contribution in [0, 0.1) is 0 Å². The molecule has 0 fully saturated rings. The summed E-state index contributed by atoms with van der Waals surface area (Å²) in [5.41, 5.74) is 2.01. The molecule has 0 heterocycles. The first-order valence-corrected chi connectivity index (χ1v) is 7.05. The molecular formula is C17H24O3. The van der Waals surface area contributed by atoms with Crippen LogP contribution < -0.4 is 9.47 Å². The average Bonchev–Trinajstić information content (AvgIpc) is 2.44. The van der Waals surface area contributed by atoms with Crippen LogP contribution in [0.2, 0.25) is 0 Å². The van der Waals surface area contributed by atoms with E-state index >= 15 is 0 Å². The summed E-state index contributed by atoms with van der Waals surface area (Å²) in [5.74, 6) is 1.49. The smallest absolute Gasteiger partial charge is 0.152 e. The van der Waals surface area contributed by atoms with Crippen molar-refractivity contribution in [2.24, 2.45) is 0 Å². The van der Waals surface area contributed by atoms with E-state index in [4.69, 9.17) is 9.47 Å². The fraction of sp³-hybridized carbons (Fsp3) is 0.471. The summed E-state index contributed by atoms with van der Waals surface area (Å²) >= 11 is 0. The number of methoxy groups -OCH3 is 2. The van der Waals surface area contributed by atoms with Crippen LogP contribution in [-0.2, 0) is 11.2 Å². The molecule has 0 saturated carbocycles. The number of benzene rings is 1. The summed E-state index contributed by atoms with van der Waals surface area (Å²) in [7, 11) is 3.27. The lowest BCUT2D eigenvalue weighted by atomic mass is 10.0. The predicted octanol–water partition coefficient (Wildman–Crippen LogP) is 4.04. The maximum Gasteiger partial charge on any atom is 0.152 e. The molecule has 20 heavy (non-hydrogen) atoms. The zero-order valence-electron chi connectivity index (χ0n) is 12.9. The van der Waals surface area contributed by atoms with E-state index in [1.165, 1.54) is 31.4 Å². The number of carbonyl (C=O) groups excluding carboxylic acids is 1. The van der Waals surface area contributed by atoms with Crippen LogP contribution in [0.4, 0.5) is 0 Å². The molecule has 0 aliphatic rings. The second-order valence-electron chi connectivity index (χ2n) is 4.82. The molecule has 0 radical (unpaired) electrons. The number of hydrogen-bond acceptors (Lipinski definition) is 3. The molecule has 0 bridgehead atoms. The third-order valence-electron chi connectivity index (χ3n) is 3.16. The zero-order valence-corrected chi connectivity index (χ0v) is 12.9. The van der Waals surface area contributed by atoms with Gasteiger partial charge in [-0.15, -0.1) is 0 Å². The van der Waals surface area contributed by atoms with E-state index in [9.17, 15) is 4.79 Å². The van der Waals surface area contributed by atoms with Gasteiger partial charge in [0.2, 0.25) is 0 Å². The molecule has 3 nitrogen and oxygen atoms in total. The van der Waals surface area contributed by atoms with Crippen molar-refractivity contribution in [1.29, 1.82) is 0 Å². The molecule has 0 amide bonds. The van der Waals surface area contributed by atoms with Gasteiger partial charge >= 0.3 is 0 Å². The molecule has 1 aromatic rings. The van der Waals surface area contributed by atoms with Gasteiger partial charge in [-0.1, -0.05) is 19.8 Å². The predicted molar refractivity (Wildman–Crippen MR) is 82.5 cm³/mol. The van der Waals surface area contributed by atoms with Gasteiger partial charge in [0.05, 0.1) is 19.8 Å². The molecule has 1 rings (SSSR count).